The molecular weight excluding hydrogens is 274 g/mol. The van der Waals surface area contributed by atoms with Crippen LogP contribution in [0.5, 0.6) is 0 Å². The standard InChI is InChI=1S/C14H17N3O2S/c1-9(12-5-4-6-13(7-12)17(18)19)15-10(2)14-8-20-11(3)16-14/h4-10,15H,1-3H3. The average Bonchev–Trinajstić information content (AvgIpc) is 2.85. The summed E-state index contributed by atoms with van der Waals surface area (Å²) in [6, 6.07) is 6.84. The number of benzene rings is 1. The summed E-state index contributed by atoms with van der Waals surface area (Å²) in [5, 5.41) is 17.3. The highest BCUT2D eigenvalue weighted by Gasteiger charge is 2.15. The summed E-state index contributed by atoms with van der Waals surface area (Å²) in [5.74, 6) is 0. The predicted octanol–water partition coefficient (Wildman–Crippen LogP) is 3.77. The van der Waals surface area contributed by atoms with E-state index < -0.39 is 0 Å². The first-order chi connectivity index (χ1) is 9.47. The van der Waals surface area contributed by atoms with Crippen LogP contribution >= 0.6 is 11.3 Å². The maximum Gasteiger partial charge on any atom is 0.269 e. The highest BCUT2D eigenvalue weighted by Crippen LogP contribution is 2.23. The molecule has 0 aliphatic rings. The number of hydrogen-bond acceptors (Lipinski definition) is 5. The van der Waals surface area contributed by atoms with Crippen LogP contribution in [-0.4, -0.2) is 9.91 Å². The van der Waals surface area contributed by atoms with E-state index in [1.54, 1.807) is 23.5 Å². The zero-order valence-electron chi connectivity index (χ0n) is 11.7. The summed E-state index contributed by atoms with van der Waals surface area (Å²) in [5.41, 5.74) is 2.02. The van der Waals surface area contributed by atoms with Gasteiger partial charge in [0.05, 0.1) is 15.6 Å². The highest BCUT2D eigenvalue weighted by atomic mass is 32.1. The summed E-state index contributed by atoms with van der Waals surface area (Å²) >= 11 is 1.62. The van der Waals surface area contributed by atoms with Crippen molar-refractivity contribution in [1.82, 2.24) is 10.3 Å². The number of aryl methyl sites for hydroxylation is 1. The zero-order valence-corrected chi connectivity index (χ0v) is 12.5. The van der Waals surface area contributed by atoms with E-state index >= 15 is 0 Å². The smallest absolute Gasteiger partial charge is 0.269 e. The van der Waals surface area contributed by atoms with Crippen LogP contribution < -0.4 is 5.32 Å². The third kappa shape index (κ3) is 3.40. The van der Waals surface area contributed by atoms with Gasteiger partial charge < -0.3 is 5.32 Å². The molecule has 2 atom stereocenters. The third-order valence-corrected chi connectivity index (χ3v) is 3.95. The molecule has 2 rings (SSSR count). The fourth-order valence-corrected chi connectivity index (χ4v) is 2.75. The molecule has 0 fully saturated rings. The van der Waals surface area contributed by atoms with E-state index in [2.05, 4.69) is 10.3 Å². The number of nitrogens with zero attached hydrogens (tertiary/aromatic N) is 2. The van der Waals surface area contributed by atoms with Crippen LogP contribution in [0.25, 0.3) is 0 Å². The predicted molar refractivity (Wildman–Crippen MR) is 79.9 cm³/mol. The Bertz CT molecular complexity index is 612. The minimum absolute atomic E-state index is 0.0203. The first kappa shape index (κ1) is 14.6. The summed E-state index contributed by atoms with van der Waals surface area (Å²) in [6.07, 6.45) is 0. The van der Waals surface area contributed by atoms with E-state index in [0.29, 0.717) is 0 Å². The van der Waals surface area contributed by atoms with E-state index in [-0.39, 0.29) is 22.7 Å². The van der Waals surface area contributed by atoms with Gasteiger partial charge in [-0.15, -0.1) is 11.3 Å². The molecule has 1 aromatic carbocycles. The lowest BCUT2D eigenvalue weighted by molar-refractivity contribution is -0.384. The number of nitro benzene ring substituents is 1. The monoisotopic (exact) mass is 291 g/mol. The quantitative estimate of drug-likeness (QED) is 0.672. The van der Waals surface area contributed by atoms with Crippen molar-refractivity contribution in [2.45, 2.75) is 32.9 Å². The number of nitrogens with one attached hydrogen (secondary N) is 1. The average molecular weight is 291 g/mol. The third-order valence-electron chi connectivity index (χ3n) is 3.16. The Kier molecular flexibility index (Phi) is 4.46. The van der Waals surface area contributed by atoms with E-state index in [0.717, 1.165) is 16.3 Å². The lowest BCUT2D eigenvalue weighted by Crippen LogP contribution is -2.22. The molecule has 0 spiro atoms. The second-order valence-corrected chi connectivity index (χ2v) is 5.82. The molecule has 5 nitrogen and oxygen atoms in total. The van der Waals surface area contributed by atoms with Gasteiger partial charge in [-0.25, -0.2) is 4.98 Å². The summed E-state index contributed by atoms with van der Waals surface area (Å²) in [4.78, 5) is 14.9. The van der Waals surface area contributed by atoms with Crippen LogP contribution in [0.2, 0.25) is 0 Å². The van der Waals surface area contributed by atoms with Crippen molar-refractivity contribution < 1.29 is 4.92 Å². The number of nitro groups is 1. The summed E-state index contributed by atoms with van der Waals surface area (Å²) in [7, 11) is 0. The minimum Gasteiger partial charge on any atom is -0.302 e. The number of hydrogen-bond donors (Lipinski definition) is 1. The van der Waals surface area contributed by atoms with Crippen molar-refractivity contribution in [2.75, 3.05) is 0 Å². The molecule has 2 aromatic rings. The normalized spacial score (nSPS) is 13.9. The molecule has 0 radical (unpaired) electrons. The Morgan fingerprint density at radius 3 is 2.70 bits per heavy atom. The number of thiazole rings is 1. The van der Waals surface area contributed by atoms with Crippen molar-refractivity contribution in [3.63, 3.8) is 0 Å². The van der Waals surface area contributed by atoms with E-state index in [4.69, 9.17) is 0 Å². The molecule has 0 bridgehead atoms. The molecule has 20 heavy (non-hydrogen) atoms. The molecule has 0 aliphatic carbocycles. The molecule has 0 saturated heterocycles. The van der Waals surface area contributed by atoms with Gasteiger partial charge in [0.15, 0.2) is 0 Å². The number of rotatable bonds is 5. The lowest BCUT2D eigenvalue weighted by Gasteiger charge is -2.19. The second-order valence-electron chi connectivity index (χ2n) is 4.75. The first-order valence-electron chi connectivity index (χ1n) is 6.40. The Morgan fingerprint density at radius 1 is 1.35 bits per heavy atom. The fraction of sp³-hybridized carbons (Fsp3) is 0.357. The lowest BCUT2D eigenvalue weighted by atomic mass is 10.1. The molecule has 0 amide bonds. The van der Waals surface area contributed by atoms with Gasteiger partial charge in [0.1, 0.15) is 0 Å². The van der Waals surface area contributed by atoms with Gasteiger partial charge in [-0.1, -0.05) is 12.1 Å². The maximum absolute atomic E-state index is 10.8. The van der Waals surface area contributed by atoms with Gasteiger partial charge in [0.25, 0.3) is 5.69 Å². The molecule has 1 heterocycles. The van der Waals surface area contributed by atoms with Gasteiger partial charge in [-0.05, 0) is 26.3 Å². The Labute approximate surface area is 121 Å². The zero-order chi connectivity index (χ0) is 14.7. The molecular formula is C14H17N3O2S. The van der Waals surface area contributed by atoms with E-state index in [1.807, 2.05) is 32.2 Å². The molecule has 2 unspecified atom stereocenters. The molecule has 6 heteroatoms. The van der Waals surface area contributed by atoms with Gasteiger partial charge in [-0.3, -0.25) is 10.1 Å². The molecule has 0 saturated carbocycles. The van der Waals surface area contributed by atoms with Crippen molar-refractivity contribution in [2.24, 2.45) is 0 Å². The van der Waals surface area contributed by atoms with E-state index in [1.165, 1.54) is 6.07 Å². The topological polar surface area (TPSA) is 68.1 Å². The number of aromatic nitrogens is 1. The molecule has 1 N–H and O–H groups in total. The van der Waals surface area contributed by atoms with Crippen LogP contribution in [0.3, 0.4) is 0 Å². The molecule has 0 aliphatic heterocycles. The minimum atomic E-state index is -0.372. The highest BCUT2D eigenvalue weighted by molar-refractivity contribution is 7.09. The second kappa shape index (κ2) is 6.11. The van der Waals surface area contributed by atoms with Crippen LogP contribution in [0.15, 0.2) is 29.6 Å². The fourth-order valence-electron chi connectivity index (χ4n) is 2.04. The Morgan fingerprint density at radius 2 is 2.10 bits per heavy atom. The SMILES string of the molecule is Cc1nc(C(C)NC(C)c2cccc([N+](=O)[O-])c2)cs1. The summed E-state index contributed by atoms with van der Waals surface area (Å²) < 4.78 is 0. The van der Waals surface area contributed by atoms with Crippen LogP contribution in [0.1, 0.15) is 42.2 Å². The Balaban J connectivity index is 2.09. The van der Waals surface area contributed by atoms with Gasteiger partial charge in [0, 0.05) is 29.6 Å². The van der Waals surface area contributed by atoms with Crippen molar-refractivity contribution in [3.8, 4) is 0 Å². The van der Waals surface area contributed by atoms with Crippen LogP contribution in [-0.2, 0) is 0 Å². The van der Waals surface area contributed by atoms with Crippen LogP contribution in [0.4, 0.5) is 5.69 Å². The van der Waals surface area contributed by atoms with Gasteiger partial charge >= 0.3 is 0 Å². The number of non-ortho nitro benzene ring substituents is 1. The van der Waals surface area contributed by atoms with Crippen molar-refractivity contribution in [3.05, 3.63) is 56.0 Å². The molecule has 106 valence electrons. The van der Waals surface area contributed by atoms with Crippen molar-refractivity contribution in [1.29, 1.82) is 0 Å². The molecule has 1 aromatic heterocycles. The Hall–Kier alpha value is -1.79. The summed E-state index contributed by atoms with van der Waals surface area (Å²) in [6.45, 7) is 6.02. The van der Waals surface area contributed by atoms with Crippen molar-refractivity contribution >= 4 is 17.0 Å². The van der Waals surface area contributed by atoms with Crippen LogP contribution in [0, 0.1) is 17.0 Å². The van der Waals surface area contributed by atoms with Gasteiger partial charge in [-0.2, -0.15) is 0 Å². The maximum atomic E-state index is 10.8. The largest absolute Gasteiger partial charge is 0.302 e. The van der Waals surface area contributed by atoms with Gasteiger partial charge in [0.2, 0.25) is 0 Å². The first-order valence-corrected chi connectivity index (χ1v) is 7.27. The van der Waals surface area contributed by atoms with E-state index in [9.17, 15) is 10.1 Å².